The Kier molecular flexibility index (Phi) is 5.51. The quantitative estimate of drug-likeness (QED) is 0.890. The third-order valence-electron chi connectivity index (χ3n) is 6.50. The summed E-state index contributed by atoms with van der Waals surface area (Å²) in [7, 11) is 0. The third kappa shape index (κ3) is 3.59. The van der Waals surface area contributed by atoms with Gasteiger partial charge in [-0.3, -0.25) is 9.69 Å². The molecule has 0 aliphatic carbocycles. The summed E-state index contributed by atoms with van der Waals surface area (Å²) in [6, 6.07) is 17.8. The van der Waals surface area contributed by atoms with E-state index in [1.54, 1.807) is 6.92 Å². The maximum Gasteiger partial charge on any atom is 0.219 e. The first kappa shape index (κ1) is 19.2. The van der Waals surface area contributed by atoms with Gasteiger partial charge in [-0.25, -0.2) is 0 Å². The van der Waals surface area contributed by atoms with Gasteiger partial charge in [0.2, 0.25) is 5.91 Å². The fourth-order valence-corrected chi connectivity index (χ4v) is 4.87. The molecule has 0 unspecified atom stereocenters. The molecule has 1 N–H and O–H groups in total. The van der Waals surface area contributed by atoms with Crippen LogP contribution in [0.25, 0.3) is 11.1 Å². The molecular formula is C24H30N2O2. The molecule has 4 rings (SSSR count). The molecule has 2 aliphatic heterocycles. The number of aliphatic hydroxyl groups is 1. The topological polar surface area (TPSA) is 43.8 Å². The first-order valence-electron chi connectivity index (χ1n) is 10.4. The summed E-state index contributed by atoms with van der Waals surface area (Å²) in [6.07, 6.45) is 2.12. The van der Waals surface area contributed by atoms with Crippen LogP contribution in [0.5, 0.6) is 0 Å². The van der Waals surface area contributed by atoms with Crippen LogP contribution in [-0.2, 0) is 4.79 Å². The molecule has 2 heterocycles. The minimum absolute atomic E-state index is 0.155. The molecule has 0 bridgehead atoms. The predicted octanol–water partition coefficient (Wildman–Crippen LogP) is 3.43. The van der Waals surface area contributed by atoms with Gasteiger partial charge in [0.05, 0.1) is 6.61 Å². The van der Waals surface area contributed by atoms with Crippen LogP contribution in [0.1, 0.15) is 36.8 Å². The number of hydrogen-bond acceptors (Lipinski definition) is 3. The number of fused-ring (bicyclic) bond motifs is 1. The van der Waals surface area contributed by atoms with E-state index in [4.69, 9.17) is 0 Å². The van der Waals surface area contributed by atoms with Crippen molar-refractivity contribution in [2.24, 2.45) is 0 Å². The Morgan fingerprint density at radius 2 is 1.61 bits per heavy atom. The molecule has 148 valence electrons. The van der Waals surface area contributed by atoms with Gasteiger partial charge in [0.1, 0.15) is 0 Å². The van der Waals surface area contributed by atoms with Crippen molar-refractivity contribution < 1.29 is 9.90 Å². The normalized spacial score (nSPS) is 25.4. The Hall–Kier alpha value is -2.17. The third-order valence-corrected chi connectivity index (χ3v) is 6.50. The number of aliphatic hydroxyl groups excluding tert-OH is 1. The van der Waals surface area contributed by atoms with E-state index in [2.05, 4.69) is 60.4 Å². The van der Waals surface area contributed by atoms with Crippen LogP contribution in [0.4, 0.5) is 0 Å². The lowest BCUT2D eigenvalue weighted by Gasteiger charge is -2.57. The number of hydrogen-bond donors (Lipinski definition) is 1. The second-order valence-corrected chi connectivity index (χ2v) is 8.24. The van der Waals surface area contributed by atoms with Crippen LogP contribution in [-0.4, -0.2) is 59.1 Å². The highest BCUT2D eigenvalue weighted by Crippen LogP contribution is 2.42. The molecule has 3 atom stereocenters. The minimum atomic E-state index is 0.155. The van der Waals surface area contributed by atoms with Crippen molar-refractivity contribution in [1.29, 1.82) is 0 Å². The van der Waals surface area contributed by atoms with Crippen LogP contribution < -0.4 is 0 Å². The van der Waals surface area contributed by atoms with Crippen LogP contribution >= 0.6 is 0 Å². The second kappa shape index (κ2) is 8.06. The predicted molar refractivity (Wildman–Crippen MR) is 112 cm³/mol. The average molecular weight is 379 g/mol. The van der Waals surface area contributed by atoms with Gasteiger partial charge in [0.25, 0.3) is 0 Å². The van der Waals surface area contributed by atoms with Gasteiger partial charge < -0.3 is 10.0 Å². The van der Waals surface area contributed by atoms with E-state index in [9.17, 15) is 9.90 Å². The second-order valence-electron chi connectivity index (χ2n) is 8.24. The first-order chi connectivity index (χ1) is 13.6. The Balaban J connectivity index is 1.57. The smallest absolute Gasteiger partial charge is 0.219 e. The maximum absolute atomic E-state index is 12.0. The number of carbonyl (C=O) groups is 1. The molecule has 0 aromatic heterocycles. The molecule has 0 spiro atoms. The molecule has 4 heteroatoms. The Labute approximate surface area is 167 Å². The molecule has 4 nitrogen and oxygen atoms in total. The molecule has 2 aromatic rings. The van der Waals surface area contributed by atoms with Crippen molar-refractivity contribution >= 4 is 5.91 Å². The van der Waals surface area contributed by atoms with Crippen molar-refractivity contribution in [2.75, 3.05) is 26.2 Å². The molecule has 1 amide bonds. The highest BCUT2D eigenvalue weighted by atomic mass is 16.3. The van der Waals surface area contributed by atoms with Crippen LogP contribution in [0.15, 0.2) is 48.5 Å². The summed E-state index contributed by atoms with van der Waals surface area (Å²) >= 11 is 0. The fraction of sp³-hybridized carbons (Fsp3) is 0.458. The largest absolute Gasteiger partial charge is 0.395 e. The van der Waals surface area contributed by atoms with Gasteiger partial charge in [0.15, 0.2) is 0 Å². The van der Waals surface area contributed by atoms with E-state index in [0.717, 1.165) is 32.5 Å². The van der Waals surface area contributed by atoms with Crippen molar-refractivity contribution in [3.8, 4) is 11.1 Å². The van der Waals surface area contributed by atoms with E-state index < -0.39 is 0 Å². The minimum Gasteiger partial charge on any atom is -0.395 e. The number of aryl methyl sites for hydroxylation is 1. The lowest BCUT2D eigenvalue weighted by molar-refractivity contribution is -0.134. The molecule has 28 heavy (non-hydrogen) atoms. The summed E-state index contributed by atoms with van der Waals surface area (Å²) in [5.74, 6) is 0.430. The Morgan fingerprint density at radius 3 is 2.21 bits per heavy atom. The van der Waals surface area contributed by atoms with Crippen molar-refractivity contribution in [2.45, 2.75) is 44.7 Å². The van der Waals surface area contributed by atoms with Crippen LogP contribution in [0.2, 0.25) is 0 Å². The van der Waals surface area contributed by atoms with E-state index in [1.165, 1.54) is 22.3 Å². The Bertz CT molecular complexity index is 816. The van der Waals surface area contributed by atoms with Crippen molar-refractivity contribution in [1.82, 2.24) is 9.80 Å². The summed E-state index contributed by atoms with van der Waals surface area (Å²) in [5, 5.41) is 10.0. The zero-order valence-corrected chi connectivity index (χ0v) is 16.8. The lowest BCUT2D eigenvalue weighted by Crippen LogP contribution is -2.67. The zero-order valence-electron chi connectivity index (χ0n) is 16.8. The summed E-state index contributed by atoms with van der Waals surface area (Å²) in [5.41, 5.74) is 4.96. The number of benzene rings is 2. The number of rotatable bonds is 3. The molecule has 2 aromatic carbocycles. The Morgan fingerprint density at radius 1 is 1.00 bits per heavy atom. The van der Waals surface area contributed by atoms with E-state index >= 15 is 0 Å². The van der Waals surface area contributed by atoms with Crippen molar-refractivity contribution in [3.05, 3.63) is 59.7 Å². The van der Waals surface area contributed by atoms with Crippen LogP contribution in [0.3, 0.4) is 0 Å². The number of carbonyl (C=O) groups excluding carboxylic acids is 1. The highest BCUT2D eigenvalue weighted by Gasteiger charge is 2.49. The standard InChI is InChI=1S/C24H30N2O2/c1-17-5-7-19(8-6-17)20-9-11-21(12-10-20)24-22-15-25(18(2)28)13-3-4-14-26(22)23(24)16-27/h5-12,22-24,27H,3-4,13-16H2,1-2H3/t22-,23+,24-/m1/s1. The molecule has 2 aliphatic rings. The first-order valence-corrected chi connectivity index (χ1v) is 10.4. The van der Waals surface area contributed by atoms with E-state index in [1.807, 2.05) is 4.90 Å². The monoisotopic (exact) mass is 378 g/mol. The van der Waals surface area contributed by atoms with Gasteiger partial charge in [-0.15, -0.1) is 0 Å². The molecule has 0 radical (unpaired) electrons. The molecule has 0 saturated carbocycles. The zero-order chi connectivity index (χ0) is 19.7. The maximum atomic E-state index is 12.0. The summed E-state index contributed by atoms with van der Waals surface area (Å²) in [4.78, 5) is 16.4. The average Bonchev–Trinajstić information content (AvgIpc) is 2.67. The highest BCUT2D eigenvalue weighted by molar-refractivity contribution is 5.73. The molecule has 2 fully saturated rings. The van der Waals surface area contributed by atoms with Gasteiger partial charge >= 0.3 is 0 Å². The van der Waals surface area contributed by atoms with Gasteiger partial charge in [-0.05, 0) is 43.0 Å². The van der Waals surface area contributed by atoms with E-state index in [0.29, 0.717) is 6.04 Å². The molecule has 2 saturated heterocycles. The van der Waals surface area contributed by atoms with Gasteiger partial charge in [0, 0.05) is 38.0 Å². The SMILES string of the molecule is CC(=O)N1CCCCN2[C@H](C1)[C@@H](c1ccc(-c3ccc(C)cc3)cc1)[C@@H]2CO. The van der Waals surface area contributed by atoms with E-state index in [-0.39, 0.29) is 24.5 Å². The van der Waals surface area contributed by atoms with Gasteiger partial charge in [-0.1, -0.05) is 54.1 Å². The van der Waals surface area contributed by atoms with Crippen molar-refractivity contribution in [3.63, 3.8) is 0 Å². The molecular weight excluding hydrogens is 348 g/mol. The fourth-order valence-electron chi connectivity index (χ4n) is 4.87. The summed E-state index contributed by atoms with van der Waals surface area (Å²) in [6.45, 7) is 6.56. The number of amides is 1. The number of nitrogens with zero attached hydrogens (tertiary/aromatic N) is 2. The van der Waals surface area contributed by atoms with Gasteiger partial charge in [-0.2, -0.15) is 0 Å². The van der Waals surface area contributed by atoms with Crippen LogP contribution in [0, 0.1) is 6.92 Å². The summed E-state index contributed by atoms with van der Waals surface area (Å²) < 4.78 is 0. The lowest BCUT2D eigenvalue weighted by atomic mass is 9.74.